The molecule has 0 unspecified atom stereocenters. The first kappa shape index (κ1) is 8.44. The maximum Gasteiger partial charge on any atom is 0.339 e. The van der Waals surface area contributed by atoms with Crippen molar-refractivity contribution in [1.82, 2.24) is 0 Å². The van der Waals surface area contributed by atoms with Gasteiger partial charge in [-0.3, -0.25) is 0 Å². The van der Waals surface area contributed by atoms with Crippen LogP contribution >= 0.6 is 0 Å². The summed E-state index contributed by atoms with van der Waals surface area (Å²) in [5.74, 6) is -0.794. The Hall–Kier alpha value is -0.870. The molecule has 4 nitrogen and oxygen atoms in total. The van der Waals surface area contributed by atoms with Crippen LogP contribution in [-0.4, -0.2) is 33.5 Å². The Labute approximate surface area is 81.2 Å². The van der Waals surface area contributed by atoms with E-state index < -0.39 is 23.3 Å². The highest BCUT2D eigenvalue weighted by Crippen LogP contribution is 2.56. The maximum atomic E-state index is 11.4. The quantitative estimate of drug-likeness (QED) is 0.408. The van der Waals surface area contributed by atoms with Gasteiger partial charge in [0.15, 0.2) is 5.60 Å². The topological polar surface area (TPSA) is 66.8 Å². The van der Waals surface area contributed by atoms with Crippen molar-refractivity contribution >= 4 is 5.97 Å². The van der Waals surface area contributed by atoms with Gasteiger partial charge in [-0.1, -0.05) is 19.1 Å². The largest absolute Gasteiger partial charge is 0.456 e. The Balaban J connectivity index is 2.16. The molecule has 0 aromatic rings. The average molecular weight is 196 g/mol. The summed E-state index contributed by atoms with van der Waals surface area (Å²) in [5.41, 5.74) is -2.61. The molecule has 0 amide bonds. The van der Waals surface area contributed by atoms with Gasteiger partial charge < -0.3 is 14.9 Å². The highest BCUT2D eigenvalue weighted by molar-refractivity contribution is 5.85. The van der Waals surface area contributed by atoms with Gasteiger partial charge in [0.1, 0.15) is 11.7 Å². The number of carbonyl (C=O) groups is 1. The number of rotatable bonds is 0. The average Bonchev–Trinajstić information content (AvgIpc) is 2.42. The molecule has 5 atom stereocenters. The molecule has 1 heterocycles. The number of esters is 1. The molecule has 1 saturated carbocycles. The van der Waals surface area contributed by atoms with Crippen molar-refractivity contribution in [3.05, 3.63) is 12.2 Å². The molecule has 0 radical (unpaired) electrons. The Morgan fingerprint density at radius 1 is 1.57 bits per heavy atom. The summed E-state index contributed by atoms with van der Waals surface area (Å²) in [5, 5.41) is 20.2. The first-order valence-electron chi connectivity index (χ1n) is 4.82. The lowest BCUT2D eigenvalue weighted by molar-refractivity contribution is -0.174. The Kier molecular flexibility index (Phi) is 1.23. The van der Waals surface area contributed by atoms with Crippen molar-refractivity contribution in [2.45, 2.75) is 30.7 Å². The summed E-state index contributed by atoms with van der Waals surface area (Å²) < 4.78 is 5.01. The van der Waals surface area contributed by atoms with Crippen LogP contribution in [0.3, 0.4) is 0 Å². The molecule has 1 saturated heterocycles. The zero-order valence-electron chi connectivity index (χ0n) is 7.80. The summed E-state index contributed by atoms with van der Waals surface area (Å²) in [4.78, 5) is 11.4. The van der Waals surface area contributed by atoms with Crippen LogP contribution in [0.15, 0.2) is 12.2 Å². The standard InChI is InChI=1S/C10H12O4/c1-5-2-3-9(12)4-10(13)6(5)7(9)14-8(10)11/h2-3,5-7,12-13H,4H2,1H3/t5-,6+,7+,9-,10-/m1/s1. The van der Waals surface area contributed by atoms with E-state index in [-0.39, 0.29) is 18.3 Å². The fourth-order valence-electron chi connectivity index (χ4n) is 3.11. The molecule has 76 valence electrons. The first-order valence-corrected chi connectivity index (χ1v) is 4.82. The van der Waals surface area contributed by atoms with Crippen LogP contribution in [0.2, 0.25) is 0 Å². The summed E-state index contributed by atoms with van der Waals surface area (Å²) in [7, 11) is 0. The molecule has 4 heteroatoms. The second-order valence-corrected chi connectivity index (χ2v) is 4.66. The van der Waals surface area contributed by atoms with Crippen LogP contribution in [0, 0.1) is 11.8 Å². The highest BCUT2D eigenvalue weighted by Gasteiger charge is 2.72. The van der Waals surface area contributed by atoms with Crippen molar-refractivity contribution in [2.75, 3.05) is 0 Å². The summed E-state index contributed by atoms with van der Waals surface area (Å²) in [6.07, 6.45) is 3.03. The number of aliphatic hydroxyl groups is 2. The Morgan fingerprint density at radius 2 is 2.29 bits per heavy atom. The summed E-state index contributed by atoms with van der Waals surface area (Å²) in [6.45, 7) is 1.92. The SMILES string of the molecule is C[C@@H]1C=C[C@@]2(O)C[C@]3(O)C(=O)O[C@H]2[C@H]13. The fourth-order valence-corrected chi connectivity index (χ4v) is 3.11. The third-order valence-corrected chi connectivity index (χ3v) is 3.77. The Bertz CT molecular complexity index is 350. The van der Waals surface area contributed by atoms with E-state index in [1.807, 2.05) is 13.0 Å². The predicted molar refractivity (Wildman–Crippen MR) is 46.2 cm³/mol. The molecule has 0 spiro atoms. The van der Waals surface area contributed by atoms with Gasteiger partial charge >= 0.3 is 5.97 Å². The van der Waals surface area contributed by atoms with E-state index in [1.54, 1.807) is 6.08 Å². The van der Waals surface area contributed by atoms with Crippen molar-refractivity contribution in [1.29, 1.82) is 0 Å². The van der Waals surface area contributed by atoms with Crippen LogP contribution < -0.4 is 0 Å². The normalized spacial score (nSPS) is 59.1. The second-order valence-electron chi connectivity index (χ2n) is 4.66. The van der Waals surface area contributed by atoms with Crippen LogP contribution in [0.1, 0.15) is 13.3 Å². The molecule has 1 aliphatic heterocycles. The first-order chi connectivity index (χ1) is 6.47. The Morgan fingerprint density at radius 3 is 2.93 bits per heavy atom. The minimum absolute atomic E-state index is 0.0687. The molecule has 3 aliphatic rings. The molecular formula is C10H12O4. The van der Waals surface area contributed by atoms with Gasteiger partial charge in [0, 0.05) is 12.3 Å². The number of hydrogen-bond donors (Lipinski definition) is 2. The highest BCUT2D eigenvalue weighted by atomic mass is 16.6. The number of hydrogen-bond acceptors (Lipinski definition) is 4. The van der Waals surface area contributed by atoms with Gasteiger partial charge in [0.2, 0.25) is 0 Å². The minimum Gasteiger partial charge on any atom is -0.456 e. The van der Waals surface area contributed by atoms with Crippen molar-refractivity contribution < 1.29 is 19.7 Å². The smallest absolute Gasteiger partial charge is 0.339 e. The summed E-state index contributed by atoms with van der Waals surface area (Å²) >= 11 is 0. The van der Waals surface area contributed by atoms with Crippen LogP contribution in [0.5, 0.6) is 0 Å². The molecule has 0 aromatic carbocycles. The van der Waals surface area contributed by atoms with Gasteiger partial charge in [0.05, 0.1) is 0 Å². The molecule has 0 aromatic heterocycles. The van der Waals surface area contributed by atoms with Gasteiger partial charge in [-0.25, -0.2) is 4.79 Å². The van der Waals surface area contributed by atoms with E-state index in [1.165, 1.54) is 0 Å². The van der Waals surface area contributed by atoms with E-state index >= 15 is 0 Å². The van der Waals surface area contributed by atoms with E-state index in [9.17, 15) is 15.0 Å². The van der Waals surface area contributed by atoms with Crippen molar-refractivity contribution in [3.63, 3.8) is 0 Å². The van der Waals surface area contributed by atoms with Crippen molar-refractivity contribution in [3.8, 4) is 0 Å². The van der Waals surface area contributed by atoms with Gasteiger partial charge in [-0.05, 0) is 5.92 Å². The lowest BCUT2D eigenvalue weighted by Crippen LogP contribution is -2.46. The van der Waals surface area contributed by atoms with Crippen LogP contribution in [0.25, 0.3) is 0 Å². The van der Waals surface area contributed by atoms with Crippen LogP contribution in [0.4, 0.5) is 0 Å². The predicted octanol–water partition coefficient (Wildman–Crippen LogP) is -0.400. The minimum atomic E-state index is -1.47. The molecule has 4 bridgehead atoms. The summed E-state index contributed by atoms with van der Waals surface area (Å²) in [6, 6.07) is 0. The van der Waals surface area contributed by atoms with Gasteiger partial charge in [0.25, 0.3) is 0 Å². The number of carbonyl (C=O) groups excluding carboxylic acids is 1. The third-order valence-electron chi connectivity index (χ3n) is 3.77. The third kappa shape index (κ3) is 0.675. The number of ether oxygens (including phenoxy) is 1. The zero-order chi connectivity index (χ0) is 10.1. The molecule has 2 aliphatic carbocycles. The van der Waals surface area contributed by atoms with E-state index in [0.29, 0.717) is 0 Å². The lowest BCUT2D eigenvalue weighted by atomic mass is 9.80. The number of allylic oxidation sites excluding steroid dienone is 1. The maximum absolute atomic E-state index is 11.4. The fraction of sp³-hybridized carbons (Fsp3) is 0.700. The van der Waals surface area contributed by atoms with E-state index in [4.69, 9.17) is 4.74 Å². The second kappa shape index (κ2) is 2.04. The van der Waals surface area contributed by atoms with Gasteiger partial charge in [-0.15, -0.1) is 0 Å². The molecular weight excluding hydrogens is 184 g/mol. The van der Waals surface area contributed by atoms with E-state index in [0.717, 1.165) is 0 Å². The molecule has 3 rings (SSSR count). The zero-order valence-corrected chi connectivity index (χ0v) is 7.80. The molecule has 14 heavy (non-hydrogen) atoms. The van der Waals surface area contributed by atoms with E-state index in [2.05, 4.69) is 0 Å². The van der Waals surface area contributed by atoms with Crippen LogP contribution in [-0.2, 0) is 9.53 Å². The van der Waals surface area contributed by atoms with Crippen molar-refractivity contribution in [2.24, 2.45) is 11.8 Å². The van der Waals surface area contributed by atoms with Gasteiger partial charge in [-0.2, -0.15) is 0 Å². The molecule has 2 N–H and O–H groups in total. The monoisotopic (exact) mass is 196 g/mol. The lowest BCUT2D eigenvalue weighted by Gasteiger charge is -2.32. The molecule has 2 fully saturated rings.